The fraction of sp³-hybridized carbons (Fsp3) is 0.647. The highest BCUT2D eigenvalue weighted by molar-refractivity contribution is 5.88. The Morgan fingerprint density at radius 1 is 0.642 bits per heavy atom. The zero-order chi connectivity index (χ0) is 50.3. The van der Waals surface area contributed by atoms with Crippen LogP contribution in [0.4, 0.5) is 0 Å². The third kappa shape index (κ3) is 15.1. The van der Waals surface area contributed by atoms with Crippen LogP contribution < -0.4 is 9.47 Å². The van der Waals surface area contributed by atoms with E-state index < -0.39 is 94.2 Å². The molecule has 1 saturated heterocycles. The number of benzene rings is 2. The van der Waals surface area contributed by atoms with Gasteiger partial charge < -0.3 is 43.0 Å². The maximum atomic E-state index is 14.0. The lowest BCUT2D eigenvalue weighted by atomic mass is 9.93. The molecule has 2 heterocycles. The number of hydrogen-bond acceptors (Lipinski definition) is 15. The average Bonchev–Trinajstić information content (AvgIpc) is 3.56. The standard InChI is InChI=1S/C51H74N2O14/c1-47(2,3)42(55)61-28-25-53-34-22-17-20-32(24-23-31-19-16-21-33(29-31)60-27-18-26-54)36(34)40(52-53)67-41-39(66-46(59)51(13,14)15)38(65-45(58)50(10,11)12)37(64-44(57)49(7,8)9)35(63-41)30-62-43(56)48(4,5)6/h16-17,19-22,29,35,37-39,41,54H,18,23-28,30H2,1-15H3/t35-,37-,38+,39-,41+/m1/s1. The number of rotatable bonds is 17. The Kier molecular flexibility index (Phi) is 17.7. The topological polar surface area (TPSA) is 197 Å². The van der Waals surface area contributed by atoms with Crippen molar-refractivity contribution < 1.29 is 67.0 Å². The van der Waals surface area contributed by atoms with Crippen molar-refractivity contribution >= 4 is 40.7 Å². The van der Waals surface area contributed by atoms with Gasteiger partial charge in [-0.05, 0) is 146 Å². The Labute approximate surface area is 395 Å². The van der Waals surface area contributed by atoms with Crippen LogP contribution in [-0.4, -0.2) is 102 Å². The third-order valence-corrected chi connectivity index (χ3v) is 10.5. The number of nitrogens with zero attached hydrogens (tertiary/aromatic N) is 2. The first-order chi connectivity index (χ1) is 30.9. The summed E-state index contributed by atoms with van der Waals surface area (Å²) in [7, 11) is 0. The van der Waals surface area contributed by atoms with Crippen molar-refractivity contribution in [2.24, 2.45) is 27.1 Å². The summed E-state index contributed by atoms with van der Waals surface area (Å²) in [5.41, 5.74) is -2.44. The van der Waals surface area contributed by atoms with E-state index in [0.29, 0.717) is 42.5 Å². The van der Waals surface area contributed by atoms with E-state index in [1.165, 1.54) is 0 Å². The minimum Gasteiger partial charge on any atom is -0.493 e. The summed E-state index contributed by atoms with van der Waals surface area (Å²) in [5, 5.41) is 14.7. The molecule has 2 aromatic carbocycles. The molecule has 1 aromatic heterocycles. The molecule has 0 unspecified atom stereocenters. The van der Waals surface area contributed by atoms with Crippen molar-refractivity contribution in [1.82, 2.24) is 9.78 Å². The molecular weight excluding hydrogens is 865 g/mol. The summed E-state index contributed by atoms with van der Waals surface area (Å²) in [6.45, 7) is 25.2. The van der Waals surface area contributed by atoms with Gasteiger partial charge in [-0.3, -0.25) is 28.7 Å². The smallest absolute Gasteiger partial charge is 0.311 e. The molecule has 3 aromatic rings. The van der Waals surface area contributed by atoms with E-state index in [4.69, 9.17) is 43.0 Å². The van der Waals surface area contributed by atoms with Crippen LogP contribution in [-0.2, 0) is 71.8 Å². The Bertz CT molecular complexity index is 2200. The van der Waals surface area contributed by atoms with Crippen molar-refractivity contribution in [3.63, 3.8) is 0 Å². The Balaban J connectivity index is 1.92. The van der Waals surface area contributed by atoms with Gasteiger partial charge in [-0.25, -0.2) is 0 Å². The Hall–Kier alpha value is -5.22. The number of hydrogen-bond donors (Lipinski definition) is 1. The van der Waals surface area contributed by atoms with Crippen LogP contribution >= 0.6 is 0 Å². The largest absolute Gasteiger partial charge is 0.493 e. The van der Waals surface area contributed by atoms with E-state index >= 15 is 0 Å². The molecule has 1 aliphatic heterocycles. The number of aryl methyl sites for hydroxylation is 2. The predicted octanol–water partition coefficient (Wildman–Crippen LogP) is 7.74. The summed E-state index contributed by atoms with van der Waals surface area (Å²) < 4.78 is 51.0. The quantitative estimate of drug-likeness (QED) is 0.0783. The van der Waals surface area contributed by atoms with Crippen molar-refractivity contribution in [2.75, 3.05) is 26.4 Å². The molecule has 1 fully saturated rings. The highest BCUT2D eigenvalue weighted by Gasteiger charge is 2.56. The average molecular weight is 939 g/mol. The molecule has 0 aliphatic carbocycles. The highest BCUT2D eigenvalue weighted by atomic mass is 16.7. The molecule has 0 radical (unpaired) electrons. The lowest BCUT2D eigenvalue weighted by Crippen LogP contribution is -2.65. The van der Waals surface area contributed by atoms with Gasteiger partial charge in [0.25, 0.3) is 0 Å². The molecule has 0 spiro atoms. The maximum absolute atomic E-state index is 14.0. The van der Waals surface area contributed by atoms with Crippen LogP contribution in [0, 0.1) is 27.1 Å². The number of esters is 5. The first kappa shape index (κ1) is 54.4. The van der Waals surface area contributed by atoms with Crippen LogP contribution in [0.5, 0.6) is 11.6 Å². The molecule has 1 N–H and O–H groups in total. The highest BCUT2D eigenvalue weighted by Crippen LogP contribution is 2.38. The van der Waals surface area contributed by atoms with E-state index in [0.717, 1.165) is 11.1 Å². The molecular formula is C51H74N2O14. The molecule has 16 heteroatoms. The number of ether oxygens (including phenoxy) is 8. The van der Waals surface area contributed by atoms with Gasteiger partial charge in [-0.15, -0.1) is 5.10 Å². The molecule has 67 heavy (non-hydrogen) atoms. The van der Waals surface area contributed by atoms with E-state index in [2.05, 4.69) is 0 Å². The van der Waals surface area contributed by atoms with Crippen molar-refractivity contribution in [3.05, 3.63) is 53.6 Å². The van der Waals surface area contributed by atoms with Crippen LogP contribution in [0.25, 0.3) is 10.9 Å². The molecule has 372 valence electrons. The van der Waals surface area contributed by atoms with Gasteiger partial charge in [0.2, 0.25) is 18.3 Å². The van der Waals surface area contributed by atoms with E-state index in [9.17, 15) is 29.1 Å². The maximum Gasteiger partial charge on any atom is 0.311 e. The number of carbonyl (C=O) groups is 5. The van der Waals surface area contributed by atoms with Crippen molar-refractivity contribution in [1.29, 1.82) is 0 Å². The van der Waals surface area contributed by atoms with Gasteiger partial charge in [0.1, 0.15) is 25.1 Å². The number of aromatic nitrogens is 2. The van der Waals surface area contributed by atoms with Crippen LogP contribution in [0.1, 0.15) is 121 Å². The lowest BCUT2D eigenvalue weighted by molar-refractivity contribution is -0.294. The number of aliphatic hydroxyl groups is 1. The monoisotopic (exact) mass is 939 g/mol. The molecule has 16 nitrogen and oxygen atoms in total. The molecule has 0 amide bonds. The Morgan fingerprint density at radius 3 is 1.75 bits per heavy atom. The SMILES string of the molecule is CC(C)(C)C(=O)OCCn1nc(O[C@@H]2O[C@H](COC(=O)C(C)(C)C)[C@@H](OC(=O)C(C)(C)C)[C@H](OC(=O)C(C)(C)C)[C@H]2OC(=O)C(C)(C)C)c2c(CCc3cccc(OCCCO)c3)cccc21. The number of carbonyl (C=O) groups excluding carboxylic acids is 5. The van der Waals surface area contributed by atoms with Crippen molar-refractivity contribution in [3.8, 4) is 11.6 Å². The van der Waals surface area contributed by atoms with Gasteiger partial charge in [-0.1, -0.05) is 24.3 Å². The second-order valence-electron chi connectivity index (χ2n) is 22.2. The number of aliphatic hydroxyl groups excluding tert-OH is 1. The van der Waals surface area contributed by atoms with Crippen LogP contribution in [0.2, 0.25) is 0 Å². The van der Waals surface area contributed by atoms with E-state index in [1.807, 2.05) is 42.5 Å². The van der Waals surface area contributed by atoms with Gasteiger partial charge in [0.15, 0.2) is 12.2 Å². The van der Waals surface area contributed by atoms with E-state index in [1.54, 1.807) is 109 Å². The molecule has 5 atom stereocenters. The first-order valence-corrected chi connectivity index (χ1v) is 23.0. The van der Waals surface area contributed by atoms with Crippen LogP contribution in [0.15, 0.2) is 42.5 Å². The molecule has 0 bridgehead atoms. The van der Waals surface area contributed by atoms with Gasteiger partial charge in [0.05, 0.1) is 51.1 Å². The summed E-state index contributed by atoms with van der Waals surface area (Å²) in [4.78, 5) is 67.7. The molecule has 0 saturated carbocycles. The van der Waals surface area contributed by atoms with Gasteiger partial charge in [0, 0.05) is 13.0 Å². The third-order valence-electron chi connectivity index (χ3n) is 10.5. The van der Waals surface area contributed by atoms with Crippen molar-refractivity contribution in [2.45, 2.75) is 160 Å². The van der Waals surface area contributed by atoms with Crippen LogP contribution in [0.3, 0.4) is 0 Å². The zero-order valence-electron chi connectivity index (χ0n) is 42.2. The first-order valence-electron chi connectivity index (χ1n) is 23.0. The minimum absolute atomic E-state index is 0.0156. The predicted molar refractivity (Wildman–Crippen MR) is 249 cm³/mol. The minimum atomic E-state index is -1.60. The molecule has 4 rings (SSSR count). The summed E-state index contributed by atoms with van der Waals surface area (Å²) in [6, 6.07) is 13.4. The summed E-state index contributed by atoms with van der Waals surface area (Å²) in [5.74, 6) is -2.35. The Morgan fingerprint density at radius 2 is 1.18 bits per heavy atom. The van der Waals surface area contributed by atoms with E-state index in [-0.39, 0.29) is 25.6 Å². The summed E-state index contributed by atoms with van der Waals surface area (Å²) in [6.07, 6.45) is -5.93. The second kappa shape index (κ2) is 21.8. The number of fused-ring (bicyclic) bond motifs is 1. The van der Waals surface area contributed by atoms with Gasteiger partial charge in [-0.2, -0.15) is 0 Å². The zero-order valence-corrected chi connectivity index (χ0v) is 42.2. The normalized spacial score (nSPS) is 19.3. The fourth-order valence-electron chi connectivity index (χ4n) is 6.38. The van der Waals surface area contributed by atoms with Gasteiger partial charge >= 0.3 is 29.8 Å². The summed E-state index contributed by atoms with van der Waals surface area (Å²) >= 11 is 0. The lowest BCUT2D eigenvalue weighted by Gasteiger charge is -2.45. The second-order valence-corrected chi connectivity index (χ2v) is 22.2. The molecule has 1 aliphatic rings. The fourth-order valence-corrected chi connectivity index (χ4v) is 6.38.